The number of nitrogens with one attached hydrogen (secondary N) is 1. The SMILES string of the molecule is [B]CNS. The van der Waals surface area contributed by atoms with Gasteiger partial charge in [0.25, 0.3) is 0 Å². The van der Waals surface area contributed by atoms with Crippen LogP contribution in [0.1, 0.15) is 0 Å². The first-order chi connectivity index (χ1) is 1.91. The standard InChI is InChI=1S/CH4BNS/c2-1-3-4/h3-4H,1H2. The van der Waals surface area contributed by atoms with Gasteiger partial charge < -0.3 is 0 Å². The molecule has 0 saturated carbocycles. The summed E-state index contributed by atoms with van der Waals surface area (Å²) in [4.78, 5) is 0. The van der Waals surface area contributed by atoms with E-state index in [-0.39, 0.29) is 0 Å². The van der Waals surface area contributed by atoms with E-state index in [2.05, 4.69) is 17.5 Å². The zero-order chi connectivity index (χ0) is 3.41. The minimum Gasteiger partial charge on any atom is -0.276 e. The third-order valence-electron chi connectivity index (χ3n) is 0.0913. The van der Waals surface area contributed by atoms with Crippen molar-refractivity contribution >= 4 is 20.7 Å². The quantitative estimate of drug-likeness (QED) is 0.316. The maximum Gasteiger partial charge on any atom is 0.0872 e. The van der Waals surface area contributed by atoms with Crippen LogP contribution in [-0.4, -0.2) is 14.3 Å². The van der Waals surface area contributed by atoms with Gasteiger partial charge in [-0.15, -0.1) is 12.8 Å². The molecule has 0 amide bonds. The molecule has 0 aliphatic rings. The molecule has 22 valence electrons. The number of hydrogen-bond acceptors (Lipinski definition) is 2. The minimum absolute atomic E-state index is 0.434. The van der Waals surface area contributed by atoms with Gasteiger partial charge in [-0.2, -0.15) is 0 Å². The van der Waals surface area contributed by atoms with Crippen LogP contribution in [0.25, 0.3) is 0 Å². The molecule has 0 rings (SSSR count). The Balaban J connectivity index is 1.97. The molecule has 0 heterocycles. The summed E-state index contributed by atoms with van der Waals surface area (Å²) in [6.45, 7) is 0. The molecular weight excluding hydrogens is 68.9 g/mol. The van der Waals surface area contributed by atoms with Crippen molar-refractivity contribution in [3.05, 3.63) is 0 Å². The lowest BCUT2D eigenvalue weighted by atomic mass is 10.2. The Morgan fingerprint density at radius 1 is 2.00 bits per heavy atom. The van der Waals surface area contributed by atoms with E-state index in [1.165, 1.54) is 0 Å². The molecule has 0 bridgehead atoms. The van der Waals surface area contributed by atoms with E-state index in [0.29, 0.717) is 6.44 Å². The maximum atomic E-state index is 4.84. The van der Waals surface area contributed by atoms with Gasteiger partial charge in [-0.05, 0) is 6.44 Å². The Hall–Kier alpha value is 0.375. The molecule has 2 radical (unpaired) electrons. The van der Waals surface area contributed by atoms with E-state index in [0.717, 1.165) is 0 Å². The van der Waals surface area contributed by atoms with Crippen LogP contribution in [0.5, 0.6) is 0 Å². The molecular formula is CH4BNS. The molecule has 0 saturated heterocycles. The average molecular weight is 72.9 g/mol. The first-order valence-electron chi connectivity index (χ1n) is 0.985. The molecule has 1 N–H and O–H groups in total. The average Bonchev–Trinajstić information content (AvgIpc) is 1.37. The summed E-state index contributed by atoms with van der Waals surface area (Å²) >= 11 is 3.55. The molecule has 1 nitrogen and oxygen atoms in total. The van der Waals surface area contributed by atoms with E-state index in [1.807, 2.05) is 0 Å². The van der Waals surface area contributed by atoms with Gasteiger partial charge in [-0.3, -0.25) is 4.72 Å². The first kappa shape index (κ1) is 4.37. The van der Waals surface area contributed by atoms with Gasteiger partial charge in [0.15, 0.2) is 0 Å². The summed E-state index contributed by atoms with van der Waals surface area (Å²) in [7, 11) is 4.84. The second-order valence-corrected chi connectivity index (χ2v) is 0.678. The molecule has 0 aromatic heterocycles. The molecule has 0 aliphatic heterocycles. The highest BCUT2D eigenvalue weighted by atomic mass is 32.1. The summed E-state index contributed by atoms with van der Waals surface area (Å²) in [5.74, 6) is 0. The van der Waals surface area contributed by atoms with Crippen LogP contribution in [0.15, 0.2) is 0 Å². The lowest BCUT2D eigenvalue weighted by Gasteiger charge is -1.74. The summed E-state index contributed by atoms with van der Waals surface area (Å²) in [5, 5.41) is 0. The fourth-order valence-electron chi connectivity index (χ4n) is 0. The highest BCUT2D eigenvalue weighted by Crippen LogP contribution is 1.45. The lowest BCUT2D eigenvalue weighted by Crippen LogP contribution is -1.97. The molecule has 0 aromatic rings. The normalized spacial score (nSPS) is 7.25. The number of rotatable bonds is 1. The minimum atomic E-state index is 0.434. The molecule has 0 spiro atoms. The smallest absolute Gasteiger partial charge is 0.0872 e. The van der Waals surface area contributed by atoms with Crippen molar-refractivity contribution in [1.82, 2.24) is 4.72 Å². The summed E-state index contributed by atoms with van der Waals surface area (Å²) < 4.78 is 2.40. The van der Waals surface area contributed by atoms with Crippen molar-refractivity contribution in [3.63, 3.8) is 0 Å². The maximum absolute atomic E-state index is 4.84. The van der Waals surface area contributed by atoms with Crippen LogP contribution in [-0.2, 0) is 0 Å². The molecule has 4 heavy (non-hydrogen) atoms. The van der Waals surface area contributed by atoms with Crippen LogP contribution in [0, 0.1) is 0 Å². The second kappa shape index (κ2) is 3.37. The Kier molecular flexibility index (Phi) is 3.69. The lowest BCUT2D eigenvalue weighted by molar-refractivity contribution is 1.24. The Morgan fingerprint density at radius 2 is 2.25 bits per heavy atom. The van der Waals surface area contributed by atoms with Gasteiger partial charge in [-0.1, -0.05) is 0 Å². The van der Waals surface area contributed by atoms with Crippen molar-refractivity contribution in [2.24, 2.45) is 0 Å². The Morgan fingerprint density at radius 3 is 2.25 bits per heavy atom. The van der Waals surface area contributed by atoms with Crippen LogP contribution in [0.4, 0.5) is 0 Å². The van der Waals surface area contributed by atoms with E-state index in [1.54, 1.807) is 0 Å². The van der Waals surface area contributed by atoms with Crippen molar-refractivity contribution in [2.45, 2.75) is 0 Å². The molecule has 0 aliphatic carbocycles. The van der Waals surface area contributed by atoms with Crippen LogP contribution in [0.2, 0.25) is 0 Å². The topological polar surface area (TPSA) is 12.0 Å². The van der Waals surface area contributed by atoms with Crippen LogP contribution >= 0.6 is 12.8 Å². The Bertz CT molecular complexity index is 10.0. The highest BCUT2D eigenvalue weighted by Gasteiger charge is 1.52. The largest absolute Gasteiger partial charge is 0.276 e. The van der Waals surface area contributed by atoms with Gasteiger partial charge in [0.1, 0.15) is 0 Å². The van der Waals surface area contributed by atoms with Crippen molar-refractivity contribution < 1.29 is 0 Å². The van der Waals surface area contributed by atoms with Crippen LogP contribution in [0.3, 0.4) is 0 Å². The fraction of sp³-hybridized carbons (Fsp3) is 1.00. The van der Waals surface area contributed by atoms with Crippen LogP contribution < -0.4 is 4.72 Å². The summed E-state index contributed by atoms with van der Waals surface area (Å²) in [6, 6.07) is 0. The van der Waals surface area contributed by atoms with Gasteiger partial charge in [0.05, 0.1) is 7.85 Å². The van der Waals surface area contributed by atoms with Gasteiger partial charge in [0, 0.05) is 0 Å². The Labute approximate surface area is 32.7 Å². The highest BCUT2D eigenvalue weighted by molar-refractivity contribution is 7.78. The van der Waals surface area contributed by atoms with Gasteiger partial charge >= 0.3 is 0 Å². The summed E-state index contributed by atoms with van der Waals surface area (Å²) in [5.41, 5.74) is 0. The van der Waals surface area contributed by atoms with E-state index >= 15 is 0 Å². The number of thiol groups is 1. The first-order valence-corrected chi connectivity index (χ1v) is 1.43. The molecule has 0 atom stereocenters. The predicted octanol–water partition coefficient (Wildman–Crippen LogP) is -0.453. The van der Waals surface area contributed by atoms with E-state index in [4.69, 9.17) is 7.85 Å². The third-order valence-corrected chi connectivity index (χ3v) is 0.274. The number of hydrogen-bond donors (Lipinski definition) is 2. The van der Waals surface area contributed by atoms with Crippen molar-refractivity contribution in [3.8, 4) is 0 Å². The van der Waals surface area contributed by atoms with Gasteiger partial charge in [-0.25, -0.2) is 0 Å². The molecule has 3 heteroatoms. The monoisotopic (exact) mass is 73.0 g/mol. The zero-order valence-corrected chi connectivity index (χ0v) is 3.13. The van der Waals surface area contributed by atoms with E-state index in [9.17, 15) is 0 Å². The second-order valence-electron chi connectivity index (χ2n) is 0.362. The summed E-state index contributed by atoms with van der Waals surface area (Å²) in [6.07, 6.45) is 0.434. The van der Waals surface area contributed by atoms with E-state index < -0.39 is 0 Å². The molecule has 0 unspecified atom stereocenters. The van der Waals surface area contributed by atoms with Gasteiger partial charge in [0.2, 0.25) is 0 Å². The molecule has 0 aromatic carbocycles. The predicted molar refractivity (Wildman–Crippen MR) is 22.7 cm³/mol. The zero-order valence-electron chi connectivity index (χ0n) is 2.23. The third kappa shape index (κ3) is 2.37. The molecule has 0 fully saturated rings. The van der Waals surface area contributed by atoms with Crippen molar-refractivity contribution in [1.29, 1.82) is 0 Å². The van der Waals surface area contributed by atoms with Crippen molar-refractivity contribution in [2.75, 3.05) is 6.44 Å². The fourth-order valence-corrected chi connectivity index (χ4v) is 0.